The number of aliphatic hydroxyl groups is 1. The molecule has 0 rings (SSSR count). The molecule has 0 fully saturated rings. The summed E-state index contributed by atoms with van der Waals surface area (Å²) in [5.74, 6) is -2.33. The van der Waals surface area contributed by atoms with E-state index >= 15 is 0 Å². The Balaban J connectivity index is -0.000000142. The number of carboxylic acids is 2. The first-order chi connectivity index (χ1) is 12.6. The van der Waals surface area contributed by atoms with E-state index < -0.39 is 30.1 Å². The fourth-order valence-corrected chi connectivity index (χ4v) is 0.462. The third-order valence-corrected chi connectivity index (χ3v) is 1.82. The van der Waals surface area contributed by atoms with Gasteiger partial charge < -0.3 is 30.5 Å². The van der Waals surface area contributed by atoms with Crippen molar-refractivity contribution in [3.63, 3.8) is 0 Å². The summed E-state index contributed by atoms with van der Waals surface area (Å²) in [5.41, 5.74) is 5.24. The lowest BCUT2D eigenvalue weighted by Gasteiger charge is -2.04. The maximum Gasteiger partial charge on any atom is 0.404 e. The van der Waals surface area contributed by atoms with Crippen molar-refractivity contribution in [1.29, 1.82) is 0 Å². The minimum Gasteiger partial charge on any atom is -0.478 e. The molecule has 28 heavy (non-hydrogen) atoms. The average molecular weight is 405 g/mol. The lowest BCUT2D eigenvalue weighted by Crippen LogP contribution is -2.15. The van der Waals surface area contributed by atoms with Gasteiger partial charge in [-0.3, -0.25) is 0 Å². The molecule has 0 aliphatic rings. The minimum absolute atomic E-state index is 0.0334. The maximum absolute atomic E-state index is 10.6. The molecule has 1 amide bonds. The molecule has 0 saturated carbocycles. The van der Waals surface area contributed by atoms with Gasteiger partial charge in [-0.15, -0.1) is 0 Å². The topological polar surface area (TPSA) is 173 Å². The molecule has 10 heteroatoms. The molecule has 0 aliphatic heterocycles. The van der Waals surface area contributed by atoms with Gasteiger partial charge in [0.15, 0.2) is 0 Å². The molecule has 1 unspecified atom stereocenters. The van der Waals surface area contributed by atoms with Gasteiger partial charge in [0.25, 0.3) is 0 Å². The largest absolute Gasteiger partial charge is 0.478 e. The van der Waals surface area contributed by atoms with Gasteiger partial charge in [0.1, 0.15) is 6.61 Å². The summed E-state index contributed by atoms with van der Waals surface area (Å²) in [5, 5.41) is 24.5. The number of hydrogen-bond donors (Lipinski definition) is 4. The second-order valence-corrected chi connectivity index (χ2v) is 5.15. The van der Waals surface area contributed by atoms with Gasteiger partial charge in [0, 0.05) is 16.7 Å². The number of primary amides is 1. The van der Waals surface area contributed by atoms with Crippen LogP contribution in [-0.4, -0.2) is 58.6 Å². The lowest BCUT2D eigenvalue weighted by atomic mass is 10.3. The van der Waals surface area contributed by atoms with E-state index in [2.05, 4.69) is 34.9 Å². The van der Waals surface area contributed by atoms with Crippen LogP contribution < -0.4 is 5.73 Å². The molecule has 0 aliphatic carbocycles. The highest BCUT2D eigenvalue weighted by molar-refractivity contribution is 5.87. The number of carboxylic acid groups (broad SMARTS) is 2. The summed E-state index contributed by atoms with van der Waals surface area (Å²) in [6, 6.07) is 0. The van der Waals surface area contributed by atoms with Crippen molar-refractivity contribution < 1.29 is 44.0 Å². The summed E-state index contributed by atoms with van der Waals surface area (Å²) in [4.78, 5) is 39.4. The zero-order chi connectivity index (χ0) is 23.4. The zero-order valence-corrected chi connectivity index (χ0v) is 17.0. The van der Waals surface area contributed by atoms with Gasteiger partial charge in [0.05, 0.1) is 12.7 Å². The summed E-state index contributed by atoms with van der Waals surface area (Å²) in [6.45, 7) is 17.8. The molecule has 0 aromatic heterocycles. The highest BCUT2D eigenvalue weighted by Gasteiger charge is 2.03. The third-order valence-electron chi connectivity index (χ3n) is 1.82. The van der Waals surface area contributed by atoms with Crippen LogP contribution in [0.4, 0.5) is 4.79 Å². The number of rotatable bonds is 6. The van der Waals surface area contributed by atoms with E-state index in [9.17, 15) is 19.2 Å². The third kappa shape index (κ3) is 38.4. The summed E-state index contributed by atoms with van der Waals surface area (Å²) >= 11 is 0. The number of carbonyl (C=O) groups excluding carboxylic acids is 2. The molecule has 0 aromatic carbocycles. The summed E-state index contributed by atoms with van der Waals surface area (Å²) in [7, 11) is 0. The predicted octanol–water partition coefficient (Wildman–Crippen LogP) is 1.88. The van der Waals surface area contributed by atoms with Crippen LogP contribution in [0.1, 0.15) is 34.6 Å². The zero-order valence-electron chi connectivity index (χ0n) is 17.0. The Morgan fingerprint density at radius 3 is 1.32 bits per heavy atom. The monoisotopic (exact) mass is 405 g/mol. The van der Waals surface area contributed by atoms with Crippen molar-refractivity contribution in [2.24, 2.45) is 5.73 Å². The Kier molecular flexibility index (Phi) is 23.4. The van der Waals surface area contributed by atoms with Crippen LogP contribution in [0.5, 0.6) is 0 Å². The Hall–Kier alpha value is -3.14. The number of amides is 1. The minimum atomic E-state index is -0.935. The number of hydrogen-bond acceptors (Lipinski definition) is 7. The molecule has 10 nitrogen and oxygen atoms in total. The second kappa shape index (κ2) is 20.2. The number of aliphatic carboxylic acids is 2. The Bertz CT molecular complexity index is 503. The number of aliphatic hydroxyl groups excluding tert-OH is 1. The SMILES string of the molecule is C=C(C)C(=O)O.C=C(C)C(=O)O.C=C(C)C(=O)OCC(C)O.CCOC(N)=O. The Morgan fingerprint density at radius 1 is 0.893 bits per heavy atom. The van der Waals surface area contributed by atoms with Crippen LogP contribution in [0.15, 0.2) is 36.5 Å². The number of ether oxygens (including phenoxy) is 2. The Labute approximate surface area is 164 Å². The summed E-state index contributed by atoms with van der Waals surface area (Å²) in [6.07, 6.45) is -1.32. The van der Waals surface area contributed by atoms with Gasteiger partial charge in [-0.1, -0.05) is 19.7 Å². The van der Waals surface area contributed by atoms with E-state index in [0.717, 1.165) is 0 Å². The first-order valence-electron chi connectivity index (χ1n) is 7.80. The maximum atomic E-state index is 10.6. The predicted molar refractivity (Wildman–Crippen MR) is 104 cm³/mol. The van der Waals surface area contributed by atoms with Crippen LogP contribution in [0.2, 0.25) is 0 Å². The highest BCUT2D eigenvalue weighted by atomic mass is 16.5. The van der Waals surface area contributed by atoms with E-state index in [1.165, 1.54) is 13.8 Å². The fourth-order valence-electron chi connectivity index (χ4n) is 0.462. The first-order valence-corrected chi connectivity index (χ1v) is 7.80. The van der Waals surface area contributed by atoms with Gasteiger partial charge in [0.2, 0.25) is 0 Å². The highest BCUT2D eigenvalue weighted by Crippen LogP contribution is 1.92. The first kappa shape index (κ1) is 32.5. The van der Waals surface area contributed by atoms with Crippen molar-refractivity contribution >= 4 is 24.0 Å². The van der Waals surface area contributed by atoms with Crippen LogP contribution >= 0.6 is 0 Å². The van der Waals surface area contributed by atoms with Gasteiger partial charge in [-0.05, 0) is 34.6 Å². The molecular formula is C18H31NO9. The number of esters is 1. The van der Waals surface area contributed by atoms with Crippen molar-refractivity contribution in [2.75, 3.05) is 13.2 Å². The van der Waals surface area contributed by atoms with E-state index in [4.69, 9.17) is 15.3 Å². The van der Waals surface area contributed by atoms with Gasteiger partial charge >= 0.3 is 24.0 Å². The smallest absolute Gasteiger partial charge is 0.404 e. The molecule has 162 valence electrons. The average Bonchev–Trinajstić information content (AvgIpc) is 2.53. The Morgan fingerprint density at radius 2 is 1.21 bits per heavy atom. The van der Waals surface area contributed by atoms with Gasteiger partial charge in [-0.25, -0.2) is 19.2 Å². The normalized spacial score (nSPS) is 9.21. The molecule has 0 bridgehead atoms. The molecule has 1 atom stereocenters. The van der Waals surface area contributed by atoms with Crippen LogP contribution in [0, 0.1) is 0 Å². The summed E-state index contributed by atoms with van der Waals surface area (Å²) < 4.78 is 8.76. The van der Waals surface area contributed by atoms with Gasteiger partial charge in [-0.2, -0.15) is 0 Å². The number of nitrogens with two attached hydrogens (primary N) is 1. The van der Waals surface area contributed by atoms with E-state index in [1.807, 2.05) is 0 Å². The molecule has 0 saturated heterocycles. The molecule has 5 N–H and O–H groups in total. The van der Waals surface area contributed by atoms with Crippen molar-refractivity contribution in [3.05, 3.63) is 36.5 Å². The van der Waals surface area contributed by atoms with E-state index in [0.29, 0.717) is 12.2 Å². The molecular weight excluding hydrogens is 374 g/mol. The van der Waals surface area contributed by atoms with Crippen LogP contribution in [0.3, 0.4) is 0 Å². The quantitative estimate of drug-likeness (QED) is 0.380. The number of carbonyl (C=O) groups is 4. The molecule has 0 heterocycles. The van der Waals surface area contributed by atoms with E-state index in [-0.39, 0.29) is 17.8 Å². The fraction of sp³-hybridized carbons (Fsp3) is 0.444. The van der Waals surface area contributed by atoms with Crippen molar-refractivity contribution in [2.45, 2.75) is 40.7 Å². The van der Waals surface area contributed by atoms with E-state index in [1.54, 1.807) is 20.8 Å². The molecule has 0 spiro atoms. The van der Waals surface area contributed by atoms with Crippen molar-refractivity contribution in [3.8, 4) is 0 Å². The lowest BCUT2D eigenvalue weighted by molar-refractivity contribution is -0.141. The standard InChI is InChI=1S/C7H12O3.2C4H6O2.C3H7NO2/c1-5(2)7(9)10-4-6(3)8;2*1-3(2)4(5)6;1-2-6-3(4)5/h6,8H,1,4H2,2-3H3;2*1H2,2H3,(H,5,6);2H2,1H3,(H2,4,5). The molecule has 0 aromatic rings. The van der Waals surface area contributed by atoms with Crippen LogP contribution in [0.25, 0.3) is 0 Å². The van der Waals surface area contributed by atoms with Crippen molar-refractivity contribution in [1.82, 2.24) is 0 Å². The molecule has 0 radical (unpaired) electrons. The second-order valence-electron chi connectivity index (χ2n) is 5.15. The van der Waals surface area contributed by atoms with Crippen LogP contribution in [-0.2, 0) is 23.9 Å².